The third-order valence-electron chi connectivity index (χ3n) is 4.43. The zero-order chi connectivity index (χ0) is 23.3. The van der Waals surface area contributed by atoms with Gasteiger partial charge in [-0.1, -0.05) is 11.6 Å². The first-order chi connectivity index (χ1) is 15.3. The molecule has 9 heteroatoms. The Bertz CT molecular complexity index is 1290. The van der Waals surface area contributed by atoms with Gasteiger partial charge in [-0.25, -0.2) is 9.48 Å². The number of H-pyrrole nitrogens is 1. The fourth-order valence-electron chi connectivity index (χ4n) is 2.86. The minimum absolute atomic E-state index is 0.230. The van der Waals surface area contributed by atoms with Crippen molar-refractivity contribution in [1.82, 2.24) is 9.78 Å². The molecule has 0 fully saturated rings. The summed E-state index contributed by atoms with van der Waals surface area (Å²) in [6.07, 6.45) is 0.925. The third kappa shape index (κ3) is 5.04. The predicted molar refractivity (Wildman–Crippen MR) is 120 cm³/mol. The number of carbonyl (C=O) groups excluding carboxylic acids is 2. The van der Waals surface area contributed by atoms with E-state index in [1.807, 2.05) is 6.92 Å². The predicted octanol–water partition coefficient (Wildman–Crippen LogP) is 3.15. The van der Waals surface area contributed by atoms with Crippen LogP contribution in [0.4, 0.5) is 0 Å². The van der Waals surface area contributed by atoms with Crippen molar-refractivity contribution >= 4 is 29.1 Å². The average Bonchev–Trinajstić information content (AvgIpc) is 2.80. The molecule has 0 amide bonds. The molecule has 0 spiro atoms. The lowest BCUT2D eigenvalue weighted by atomic mass is 10.1. The van der Waals surface area contributed by atoms with Crippen LogP contribution in [0.5, 0.6) is 5.75 Å². The van der Waals surface area contributed by atoms with Crippen molar-refractivity contribution in [2.45, 2.75) is 6.92 Å². The van der Waals surface area contributed by atoms with E-state index in [1.165, 1.54) is 24.3 Å². The number of hydrogen-bond acceptors (Lipinski definition) is 6. The van der Waals surface area contributed by atoms with Crippen LogP contribution in [0.25, 0.3) is 17.0 Å². The number of nitrogens with one attached hydrogen (secondary N) is 1. The largest absolute Gasteiger partial charge is 0.494 e. The molecule has 0 saturated heterocycles. The second kappa shape index (κ2) is 9.93. The van der Waals surface area contributed by atoms with E-state index in [2.05, 4.69) is 5.10 Å². The molecule has 3 rings (SSSR count). The maximum Gasteiger partial charge on any atom is 0.356 e. The number of ether oxygens (including phenoxy) is 2. The van der Waals surface area contributed by atoms with E-state index >= 15 is 0 Å². The van der Waals surface area contributed by atoms with Gasteiger partial charge in [-0.3, -0.25) is 19.5 Å². The summed E-state index contributed by atoms with van der Waals surface area (Å²) >= 11 is 5.84. The highest BCUT2D eigenvalue weighted by Crippen LogP contribution is 2.20. The molecule has 1 aromatic heterocycles. The van der Waals surface area contributed by atoms with E-state index in [4.69, 9.17) is 21.1 Å². The Morgan fingerprint density at radius 3 is 2.31 bits per heavy atom. The number of esters is 1. The summed E-state index contributed by atoms with van der Waals surface area (Å²) in [5, 5.41) is 3.16. The first kappa shape index (κ1) is 22.8. The van der Waals surface area contributed by atoms with Gasteiger partial charge in [-0.2, -0.15) is 0 Å². The first-order valence-electron chi connectivity index (χ1n) is 9.54. The smallest absolute Gasteiger partial charge is 0.356 e. The molecule has 32 heavy (non-hydrogen) atoms. The number of ketones is 1. The van der Waals surface area contributed by atoms with Crippen molar-refractivity contribution in [1.29, 1.82) is 0 Å². The number of halogens is 1. The number of nitrogens with zero attached hydrogens (tertiary/aromatic N) is 1. The Kier molecular flexibility index (Phi) is 7.07. The zero-order valence-electron chi connectivity index (χ0n) is 17.3. The van der Waals surface area contributed by atoms with Gasteiger partial charge in [0.15, 0.2) is 11.5 Å². The molecule has 0 bridgehead atoms. The fourth-order valence-corrected chi connectivity index (χ4v) is 2.99. The molecule has 8 nitrogen and oxygen atoms in total. The van der Waals surface area contributed by atoms with Crippen LogP contribution < -0.4 is 15.7 Å². The fraction of sp³-hybridized carbons (Fsp3) is 0.130. The molecule has 3 aromatic rings. The maximum absolute atomic E-state index is 12.7. The van der Waals surface area contributed by atoms with Crippen LogP contribution in [-0.2, 0) is 9.53 Å². The van der Waals surface area contributed by atoms with Crippen LogP contribution in [0, 0.1) is 0 Å². The highest BCUT2D eigenvalue weighted by Gasteiger charge is 2.19. The van der Waals surface area contributed by atoms with Gasteiger partial charge in [-0.05, 0) is 61.0 Å². The van der Waals surface area contributed by atoms with Crippen LogP contribution in [0.2, 0.25) is 5.02 Å². The van der Waals surface area contributed by atoms with Crippen molar-refractivity contribution in [3.8, 4) is 17.0 Å². The molecule has 1 N–H and O–H groups in total. The van der Waals surface area contributed by atoms with Crippen LogP contribution >= 0.6 is 11.6 Å². The normalized spacial score (nSPS) is 11.2. The SMILES string of the molecule is CCOc1ccc(-c2cc(=O)c(=O)n(/C(=C/C(=O)c3ccc(Cl)cc3)C(=O)OC)[nH]2)cc1. The molecule has 0 aliphatic rings. The quantitative estimate of drug-likeness (QED) is 0.254. The second-order valence-electron chi connectivity index (χ2n) is 6.52. The van der Waals surface area contributed by atoms with Gasteiger partial charge in [0.05, 0.1) is 19.4 Å². The highest BCUT2D eigenvalue weighted by molar-refractivity contribution is 6.30. The topological polar surface area (TPSA) is 107 Å². The Balaban J connectivity index is 2.11. The molecule has 0 saturated carbocycles. The molecule has 0 radical (unpaired) electrons. The summed E-state index contributed by atoms with van der Waals surface area (Å²) in [6.45, 7) is 2.35. The summed E-state index contributed by atoms with van der Waals surface area (Å²) in [7, 11) is 1.10. The lowest BCUT2D eigenvalue weighted by Gasteiger charge is -2.11. The van der Waals surface area contributed by atoms with Gasteiger partial charge in [0.25, 0.3) is 0 Å². The number of benzene rings is 2. The molecular weight excluding hydrogens is 436 g/mol. The molecule has 0 atom stereocenters. The van der Waals surface area contributed by atoms with E-state index in [0.717, 1.165) is 19.3 Å². The lowest BCUT2D eigenvalue weighted by molar-refractivity contribution is -0.134. The molecule has 164 valence electrons. The summed E-state index contributed by atoms with van der Waals surface area (Å²) in [5.74, 6) is -0.925. The number of aromatic amines is 1. The number of rotatable bonds is 7. The Morgan fingerprint density at radius 2 is 1.72 bits per heavy atom. The Morgan fingerprint density at radius 1 is 1.06 bits per heavy atom. The minimum Gasteiger partial charge on any atom is -0.494 e. The van der Waals surface area contributed by atoms with Gasteiger partial charge in [0, 0.05) is 22.7 Å². The van der Waals surface area contributed by atoms with Gasteiger partial charge in [0.1, 0.15) is 5.75 Å². The van der Waals surface area contributed by atoms with Crippen molar-refractivity contribution in [2.75, 3.05) is 13.7 Å². The molecule has 0 aliphatic heterocycles. The van der Waals surface area contributed by atoms with Crippen molar-refractivity contribution in [3.63, 3.8) is 0 Å². The van der Waals surface area contributed by atoms with Crippen molar-refractivity contribution < 1.29 is 19.1 Å². The van der Waals surface area contributed by atoms with E-state index < -0.39 is 28.4 Å². The summed E-state index contributed by atoms with van der Waals surface area (Å²) in [5.41, 5.74) is -1.31. The molecule has 0 aliphatic carbocycles. The van der Waals surface area contributed by atoms with Crippen molar-refractivity contribution in [2.24, 2.45) is 0 Å². The van der Waals surface area contributed by atoms with Gasteiger partial charge < -0.3 is 9.47 Å². The lowest BCUT2D eigenvalue weighted by Crippen LogP contribution is -2.37. The number of aromatic nitrogens is 2. The zero-order valence-corrected chi connectivity index (χ0v) is 18.0. The van der Waals surface area contributed by atoms with E-state index in [1.54, 1.807) is 24.3 Å². The molecule has 1 heterocycles. The van der Waals surface area contributed by atoms with E-state index in [-0.39, 0.29) is 11.3 Å². The first-order valence-corrected chi connectivity index (χ1v) is 9.91. The monoisotopic (exact) mass is 454 g/mol. The standard InChI is InChI=1S/C23H19ClN2O6/c1-3-32-17-10-6-14(7-11-17)18-12-21(28)22(29)26(25-18)19(23(30)31-2)13-20(27)15-4-8-16(24)9-5-15/h4-13,25H,3H2,1-2H3/b19-13+. The average molecular weight is 455 g/mol. The number of allylic oxidation sites excluding steroid dienone is 1. The number of carbonyl (C=O) groups is 2. The van der Waals surface area contributed by atoms with Crippen LogP contribution in [0.1, 0.15) is 17.3 Å². The minimum atomic E-state index is -1.04. The Labute approximate surface area is 187 Å². The van der Waals surface area contributed by atoms with Crippen LogP contribution in [0.15, 0.2) is 70.3 Å². The van der Waals surface area contributed by atoms with Crippen molar-refractivity contribution in [3.05, 3.63) is 91.8 Å². The van der Waals surface area contributed by atoms with E-state index in [0.29, 0.717) is 27.6 Å². The number of hydrogen-bond donors (Lipinski definition) is 1. The molecule has 2 aromatic carbocycles. The highest BCUT2D eigenvalue weighted by atomic mass is 35.5. The third-order valence-corrected chi connectivity index (χ3v) is 4.68. The van der Waals surface area contributed by atoms with Gasteiger partial charge in [0.2, 0.25) is 5.43 Å². The Hall–Kier alpha value is -3.91. The van der Waals surface area contributed by atoms with Crippen LogP contribution in [-0.4, -0.2) is 35.2 Å². The summed E-state index contributed by atoms with van der Waals surface area (Å²) in [6, 6.07) is 13.9. The van der Waals surface area contributed by atoms with Crippen LogP contribution in [0.3, 0.4) is 0 Å². The number of methoxy groups -OCH3 is 1. The maximum atomic E-state index is 12.7. The van der Waals surface area contributed by atoms with Gasteiger partial charge >= 0.3 is 11.5 Å². The van der Waals surface area contributed by atoms with Gasteiger partial charge in [-0.15, -0.1) is 0 Å². The van der Waals surface area contributed by atoms with E-state index in [9.17, 15) is 19.2 Å². The molecule has 0 unspecified atom stereocenters. The summed E-state index contributed by atoms with van der Waals surface area (Å²) in [4.78, 5) is 50.0. The second-order valence-corrected chi connectivity index (χ2v) is 6.96. The molecular formula is C23H19ClN2O6. The summed E-state index contributed by atoms with van der Waals surface area (Å²) < 4.78 is 10.8.